The smallest absolute Gasteiger partial charge is 0.167 e. The van der Waals surface area contributed by atoms with Crippen LogP contribution in [0.1, 0.15) is 18.2 Å². The van der Waals surface area contributed by atoms with Crippen molar-refractivity contribution in [3.63, 3.8) is 0 Å². The molecular weight excluding hydrogens is 378 g/mol. The molecule has 0 spiro atoms. The van der Waals surface area contributed by atoms with Crippen LogP contribution in [-0.4, -0.2) is 67.3 Å². The predicted molar refractivity (Wildman–Crippen MR) is 104 cm³/mol. The number of aliphatic hydroxyl groups is 2. The number of anilines is 1. The largest absolute Gasteiger partial charge is 0.504 e. The second-order valence-corrected chi connectivity index (χ2v) is 6.84. The van der Waals surface area contributed by atoms with Gasteiger partial charge in [0.25, 0.3) is 0 Å². The van der Waals surface area contributed by atoms with E-state index in [4.69, 9.17) is 9.47 Å². The van der Waals surface area contributed by atoms with Gasteiger partial charge in [-0.05, 0) is 24.1 Å². The molecule has 1 unspecified atom stereocenters. The zero-order valence-corrected chi connectivity index (χ0v) is 15.9. The van der Waals surface area contributed by atoms with Gasteiger partial charge in [0.15, 0.2) is 28.5 Å². The molecule has 4 N–H and O–H groups in total. The van der Waals surface area contributed by atoms with E-state index in [1.54, 1.807) is 23.0 Å². The number of phenols is 1. The molecule has 0 saturated carbocycles. The molecule has 154 valence electrons. The molecule has 10 heteroatoms. The number of hydrogen-bond donors (Lipinski definition) is 4. The standard InChI is InChI=1S/C19H23N5O5/c1-28-14-6-11(2-3-12(14)26)4-5-20-18-17-19(22-9-21-18)24(10-23-17)16-7-13(27)15(8-25)29-16/h2-3,6,9-10,13,15-16,25-27H,4-5,7-8H2,1H3,(H,20,21,22)/t13?,15-,16-/m1/s1. The molecule has 1 saturated heterocycles. The van der Waals surface area contributed by atoms with E-state index in [0.717, 1.165) is 5.56 Å². The Morgan fingerprint density at radius 1 is 1.31 bits per heavy atom. The van der Waals surface area contributed by atoms with Crippen LogP contribution in [0.25, 0.3) is 11.2 Å². The van der Waals surface area contributed by atoms with Crippen LogP contribution in [0, 0.1) is 0 Å². The maximum atomic E-state index is 9.98. The van der Waals surface area contributed by atoms with Crippen molar-refractivity contribution in [2.75, 3.05) is 25.6 Å². The predicted octanol–water partition coefficient (Wildman–Crippen LogP) is 0.836. The Morgan fingerprint density at radius 3 is 2.93 bits per heavy atom. The first kappa shape index (κ1) is 19.4. The summed E-state index contributed by atoms with van der Waals surface area (Å²) in [7, 11) is 1.51. The fourth-order valence-electron chi connectivity index (χ4n) is 3.45. The van der Waals surface area contributed by atoms with Gasteiger partial charge in [0.2, 0.25) is 0 Å². The number of nitrogens with one attached hydrogen (secondary N) is 1. The van der Waals surface area contributed by atoms with Gasteiger partial charge in [-0.1, -0.05) is 6.07 Å². The Labute approximate surface area is 166 Å². The molecule has 0 bridgehead atoms. The molecule has 1 fully saturated rings. The number of hydrogen-bond acceptors (Lipinski definition) is 9. The number of fused-ring (bicyclic) bond motifs is 1. The van der Waals surface area contributed by atoms with Crippen molar-refractivity contribution in [2.24, 2.45) is 0 Å². The van der Waals surface area contributed by atoms with Crippen molar-refractivity contribution in [3.05, 3.63) is 36.4 Å². The lowest BCUT2D eigenvalue weighted by Crippen LogP contribution is -2.24. The van der Waals surface area contributed by atoms with Crippen LogP contribution in [-0.2, 0) is 11.2 Å². The number of phenolic OH excluding ortho intramolecular Hbond substituents is 1. The lowest BCUT2D eigenvalue weighted by Gasteiger charge is -2.13. The summed E-state index contributed by atoms with van der Waals surface area (Å²) < 4.78 is 12.6. The minimum absolute atomic E-state index is 0.106. The van der Waals surface area contributed by atoms with Crippen LogP contribution >= 0.6 is 0 Å². The van der Waals surface area contributed by atoms with Gasteiger partial charge in [-0.2, -0.15) is 0 Å². The fraction of sp³-hybridized carbons (Fsp3) is 0.421. The van der Waals surface area contributed by atoms with E-state index in [1.807, 2.05) is 6.07 Å². The van der Waals surface area contributed by atoms with Crippen molar-refractivity contribution in [1.29, 1.82) is 0 Å². The second-order valence-electron chi connectivity index (χ2n) is 6.84. The average molecular weight is 401 g/mol. The maximum Gasteiger partial charge on any atom is 0.167 e. The van der Waals surface area contributed by atoms with E-state index in [2.05, 4.69) is 20.3 Å². The first-order valence-corrected chi connectivity index (χ1v) is 9.32. The van der Waals surface area contributed by atoms with Gasteiger partial charge in [-0.25, -0.2) is 15.0 Å². The van der Waals surface area contributed by atoms with Crippen molar-refractivity contribution in [2.45, 2.75) is 31.3 Å². The van der Waals surface area contributed by atoms with Crippen LogP contribution in [0.2, 0.25) is 0 Å². The molecule has 0 amide bonds. The quantitative estimate of drug-likeness (QED) is 0.454. The molecule has 2 aromatic heterocycles. The minimum Gasteiger partial charge on any atom is -0.504 e. The van der Waals surface area contributed by atoms with E-state index in [1.165, 1.54) is 13.4 Å². The summed E-state index contributed by atoms with van der Waals surface area (Å²) in [5.41, 5.74) is 2.19. The van der Waals surface area contributed by atoms with Gasteiger partial charge in [-0.3, -0.25) is 4.57 Å². The number of aromatic hydroxyl groups is 1. The highest BCUT2D eigenvalue weighted by Gasteiger charge is 2.35. The summed E-state index contributed by atoms with van der Waals surface area (Å²) in [6.45, 7) is 0.353. The number of aliphatic hydroxyl groups excluding tert-OH is 2. The van der Waals surface area contributed by atoms with Crippen molar-refractivity contribution >= 4 is 17.0 Å². The van der Waals surface area contributed by atoms with Crippen molar-refractivity contribution < 1.29 is 24.8 Å². The van der Waals surface area contributed by atoms with E-state index in [9.17, 15) is 15.3 Å². The van der Waals surface area contributed by atoms with Crippen LogP contribution in [0.4, 0.5) is 5.82 Å². The normalized spacial score (nSPS) is 21.6. The number of benzene rings is 1. The molecule has 0 radical (unpaired) electrons. The highest BCUT2D eigenvalue weighted by Crippen LogP contribution is 2.31. The van der Waals surface area contributed by atoms with Crippen molar-refractivity contribution in [3.8, 4) is 11.5 Å². The van der Waals surface area contributed by atoms with E-state index >= 15 is 0 Å². The molecule has 3 aromatic rings. The Morgan fingerprint density at radius 2 is 2.17 bits per heavy atom. The summed E-state index contributed by atoms with van der Waals surface area (Å²) in [6, 6.07) is 5.24. The zero-order valence-electron chi connectivity index (χ0n) is 15.9. The summed E-state index contributed by atoms with van der Waals surface area (Å²) in [4.78, 5) is 13.0. The summed E-state index contributed by atoms with van der Waals surface area (Å²) in [6.07, 6.45) is 2.31. The summed E-state index contributed by atoms with van der Waals surface area (Å²) in [5, 5.41) is 32.2. The second kappa shape index (κ2) is 8.19. The van der Waals surface area contributed by atoms with E-state index in [0.29, 0.717) is 42.1 Å². The van der Waals surface area contributed by atoms with Crippen LogP contribution in [0.5, 0.6) is 11.5 Å². The lowest BCUT2D eigenvalue weighted by molar-refractivity contribution is -0.0432. The third kappa shape index (κ3) is 3.82. The Bertz CT molecular complexity index is 994. The number of nitrogens with zero attached hydrogens (tertiary/aromatic N) is 4. The molecule has 4 rings (SSSR count). The average Bonchev–Trinajstić information content (AvgIpc) is 3.32. The maximum absolute atomic E-state index is 9.98. The Hall–Kier alpha value is -2.95. The monoisotopic (exact) mass is 401 g/mol. The first-order chi connectivity index (χ1) is 14.1. The molecule has 1 aromatic carbocycles. The topological polar surface area (TPSA) is 135 Å². The SMILES string of the molecule is COc1cc(CCNc2ncnc3c2ncn3[C@H]2CC(O)[C@@H](CO)O2)ccc1O. The zero-order chi connectivity index (χ0) is 20.4. The molecule has 3 atom stereocenters. The van der Waals surface area contributed by atoms with Crippen molar-refractivity contribution in [1.82, 2.24) is 19.5 Å². The molecule has 1 aliphatic rings. The van der Waals surface area contributed by atoms with Gasteiger partial charge in [0.05, 0.1) is 26.1 Å². The molecule has 29 heavy (non-hydrogen) atoms. The molecule has 10 nitrogen and oxygen atoms in total. The van der Waals surface area contributed by atoms with Crippen LogP contribution in [0.15, 0.2) is 30.9 Å². The number of rotatable bonds is 7. The number of aromatic nitrogens is 4. The number of methoxy groups -OCH3 is 1. The van der Waals surface area contributed by atoms with Gasteiger partial charge >= 0.3 is 0 Å². The van der Waals surface area contributed by atoms with E-state index in [-0.39, 0.29) is 12.4 Å². The third-order valence-corrected chi connectivity index (χ3v) is 5.00. The number of ether oxygens (including phenoxy) is 2. The minimum atomic E-state index is -0.732. The molecule has 1 aliphatic heterocycles. The third-order valence-electron chi connectivity index (χ3n) is 5.00. The highest BCUT2D eigenvalue weighted by molar-refractivity contribution is 5.82. The Balaban J connectivity index is 1.47. The fourth-order valence-corrected chi connectivity index (χ4v) is 3.45. The lowest BCUT2D eigenvalue weighted by atomic mass is 10.1. The van der Waals surface area contributed by atoms with Gasteiger partial charge in [-0.15, -0.1) is 0 Å². The van der Waals surface area contributed by atoms with Gasteiger partial charge in [0.1, 0.15) is 18.7 Å². The Kier molecular flexibility index (Phi) is 5.47. The summed E-state index contributed by atoms with van der Waals surface area (Å²) in [5.74, 6) is 1.14. The molecule has 0 aliphatic carbocycles. The molecular formula is C19H23N5O5. The molecule has 3 heterocycles. The van der Waals surface area contributed by atoms with Crippen LogP contribution in [0.3, 0.4) is 0 Å². The van der Waals surface area contributed by atoms with Crippen LogP contribution < -0.4 is 10.1 Å². The van der Waals surface area contributed by atoms with Gasteiger partial charge in [0, 0.05) is 13.0 Å². The highest BCUT2D eigenvalue weighted by atomic mass is 16.5. The van der Waals surface area contributed by atoms with Gasteiger partial charge < -0.3 is 30.1 Å². The first-order valence-electron chi connectivity index (χ1n) is 9.32. The summed E-state index contributed by atoms with van der Waals surface area (Å²) >= 11 is 0. The van der Waals surface area contributed by atoms with E-state index < -0.39 is 18.4 Å². The number of imidazole rings is 1.